The molecule has 0 saturated carbocycles. The fourth-order valence-electron chi connectivity index (χ4n) is 1.69. The molecule has 0 N–H and O–H groups in total. The van der Waals surface area contributed by atoms with E-state index >= 15 is 0 Å². The van der Waals surface area contributed by atoms with Crippen molar-refractivity contribution in [3.8, 4) is 5.75 Å². The number of hydrogen-bond donors (Lipinski definition) is 0. The van der Waals surface area contributed by atoms with Gasteiger partial charge in [0.05, 0.1) is 7.11 Å². The van der Waals surface area contributed by atoms with Crippen molar-refractivity contribution in [3.05, 3.63) is 48.5 Å². The van der Waals surface area contributed by atoms with Crippen molar-refractivity contribution in [3.63, 3.8) is 0 Å². The number of benzene rings is 1. The summed E-state index contributed by atoms with van der Waals surface area (Å²) in [4.78, 5) is 15.6. The summed E-state index contributed by atoms with van der Waals surface area (Å²) in [6.07, 6.45) is 5.88. The Hall–Kier alpha value is -2.10. The first kappa shape index (κ1) is 11.4. The molecule has 2 rings (SSSR count). The number of rotatable bonds is 4. The summed E-state index contributed by atoms with van der Waals surface area (Å²) in [6.45, 7) is 0. The second-order valence-corrected chi connectivity index (χ2v) is 3.68. The number of hydrogen-bond acceptors (Lipinski definition) is 3. The second-order valence-electron chi connectivity index (χ2n) is 3.68. The van der Waals surface area contributed by atoms with Gasteiger partial charge >= 0.3 is 0 Å². The molecule has 4 heteroatoms. The number of ether oxygens (including phenoxy) is 1. The lowest BCUT2D eigenvalue weighted by Gasteiger charge is -2.07. The first-order valence-corrected chi connectivity index (χ1v) is 5.44. The maximum Gasteiger partial charge on any atom is 0.232 e. The molecule has 17 heavy (non-hydrogen) atoms. The standard InChI is InChI=1S/C13H14N2O2/c1-17-12-5-3-2-4-11(12)6-7-13(16)15-9-8-14-10-15/h2-5,8-10H,6-7H2,1H3. The zero-order valence-corrected chi connectivity index (χ0v) is 9.67. The van der Waals surface area contributed by atoms with Crippen LogP contribution in [0.15, 0.2) is 43.0 Å². The van der Waals surface area contributed by atoms with E-state index in [1.807, 2.05) is 24.3 Å². The SMILES string of the molecule is COc1ccccc1CCC(=O)n1ccnc1. The van der Waals surface area contributed by atoms with Crippen molar-refractivity contribution in [1.29, 1.82) is 0 Å². The number of nitrogens with zero attached hydrogens (tertiary/aromatic N) is 2. The van der Waals surface area contributed by atoms with Crippen LogP contribution in [0.25, 0.3) is 0 Å². The zero-order chi connectivity index (χ0) is 12.1. The molecule has 0 saturated heterocycles. The molecular weight excluding hydrogens is 216 g/mol. The van der Waals surface area contributed by atoms with E-state index in [0.29, 0.717) is 12.8 Å². The van der Waals surface area contributed by atoms with Gasteiger partial charge in [0.25, 0.3) is 0 Å². The number of carbonyl (C=O) groups excluding carboxylic acids is 1. The summed E-state index contributed by atoms with van der Waals surface area (Å²) in [5.41, 5.74) is 1.04. The minimum absolute atomic E-state index is 0.0356. The van der Waals surface area contributed by atoms with E-state index in [1.165, 1.54) is 10.9 Å². The van der Waals surface area contributed by atoms with Crippen LogP contribution < -0.4 is 4.74 Å². The minimum Gasteiger partial charge on any atom is -0.496 e. The summed E-state index contributed by atoms with van der Waals surface area (Å²) in [6, 6.07) is 7.73. The summed E-state index contributed by atoms with van der Waals surface area (Å²) >= 11 is 0. The predicted octanol–water partition coefficient (Wildman–Crippen LogP) is 2.16. The van der Waals surface area contributed by atoms with E-state index in [2.05, 4.69) is 4.98 Å². The van der Waals surface area contributed by atoms with Gasteiger partial charge in [0, 0.05) is 18.8 Å². The first-order valence-electron chi connectivity index (χ1n) is 5.44. The van der Waals surface area contributed by atoms with Gasteiger partial charge in [-0.2, -0.15) is 0 Å². The zero-order valence-electron chi connectivity index (χ0n) is 9.67. The average molecular weight is 230 g/mol. The Morgan fingerprint density at radius 3 is 2.94 bits per heavy atom. The smallest absolute Gasteiger partial charge is 0.232 e. The number of aromatic nitrogens is 2. The third-order valence-corrected chi connectivity index (χ3v) is 2.59. The molecule has 0 spiro atoms. The van der Waals surface area contributed by atoms with Crippen LogP contribution in [0.4, 0.5) is 0 Å². The number of imidazole rings is 1. The third kappa shape index (κ3) is 2.72. The molecule has 0 bridgehead atoms. The topological polar surface area (TPSA) is 44.1 Å². The van der Waals surface area contributed by atoms with E-state index in [4.69, 9.17) is 4.74 Å². The van der Waals surface area contributed by atoms with E-state index in [1.54, 1.807) is 19.5 Å². The highest BCUT2D eigenvalue weighted by Crippen LogP contribution is 2.18. The molecule has 0 fully saturated rings. The largest absolute Gasteiger partial charge is 0.496 e. The lowest BCUT2D eigenvalue weighted by Crippen LogP contribution is -2.09. The fraction of sp³-hybridized carbons (Fsp3) is 0.231. The molecule has 0 radical (unpaired) electrons. The molecule has 0 unspecified atom stereocenters. The molecule has 1 heterocycles. The van der Waals surface area contributed by atoms with Crippen LogP contribution in [0.2, 0.25) is 0 Å². The molecule has 0 amide bonds. The highest BCUT2D eigenvalue weighted by Gasteiger charge is 2.07. The number of methoxy groups -OCH3 is 1. The van der Waals surface area contributed by atoms with Crippen molar-refractivity contribution in [1.82, 2.24) is 9.55 Å². The number of carbonyl (C=O) groups is 1. The molecule has 88 valence electrons. The summed E-state index contributed by atoms with van der Waals surface area (Å²) in [7, 11) is 1.64. The van der Waals surface area contributed by atoms with Crippen LogP contribution in [0.5, 0.6) is 5.75 Å². The Balaban J connectivity index is 2.00. The molecule has 1 aromatic carbocycles. The van der Waals surface area contributed by atoms with Gasteiger partial charge in [0.15, 0.2) is 0 Å². The van der Waals surface area contributed by atoms with Gasteiger partial charge in [-0.05, 0) is 18.1 Å². The van der Waals surface area contributed by atoms with Gasteiger partial charge in [-0.3, -0.25) is 9.36 Å². The van der Waals surface area contributed by atoms with Crippen LogP contribution in [0.1, 0.15) is 16.8 Å². The molecule has 0 atom stereocenters. The molecule has 0 aliphatic rings. The Morgan fingerprint density at radius 1 is 1.41 bits per heavy atom. The van der Waals surface area contributed by atoms with Crippen LogP contribution in [0.3, 0.4) is 0 Å². The Bertz CT molecular complexity index is 492. The summed E-state index contributed by atoms with van der Waals surface area (Å²) in [5, 5.41) is 0. The lowest BCUT2D eigenvalue weighted by atomic mass is 10.1. The van der Waals surface area contributed by atoms with Gasteiger partial charge in [0.1, 0.15) is 12.1 Å². The van der Waals surface area contributed by atoms with E-state index in [-0.39, 0.29) is 5.91 Å². The van der Waals surface area contributed by atoms with Crippen molar-refractivity contribution in [2.45, 2.75) is 12.8 Å². The van der Waals surface area contributed by atoms with Gasteiger partial charge < -0.3 is 4.74 Å². The van der Waals surface area contributed by atoms with Crippen LogP contribution >= 0.6 is 0 Å². The average Bonchev–Trinajstić information content (AvgIpc) is 2.90. The van der Waals surface area contributed by atoms with Crippen molar-refractivity contribution >= 4 is 5.91 Å². The Morgan fingerprint density at radius 2 is 2.24 bits per heavy atom. The molecule has 0 aliphatic heterocycles. The Kier molecular flexibility index (Phi) is 3.55. The van der Waals surface area contributed by atoms with Gasteiger partial charge in [-0.1, -0.05) is 18.2 Å². The van der Waals surface area contributed by atoms with Gasteiger partial charge in [-0.25, -0.2) is 4.98 Å². The van der Waals surface area contributed by atoms with Crippen molar-refractivity contribution in [2.24, 2.45) is 0 Å². The lowest BCUT2D eigenvalue weighted by molar-refractivity contribution is 0.0902. The number of aryl methyl sites for hydroxylation is 1. The van der Waals surface area contributed by atoms with Crippen LogP contribution in [-0.2, 0) is 6.42 Å². The highest BCUT2D eigenvalue weighted by molar-refractivity contribution is 5.78. The fourth-order valence-corrected chi connectivity index (χ4v) is 1.69. The first-order chi connectivity index (χ1) is 8.31. The van der Waals surface area contributed by atoms with Crippen molar-refractivity contribution < 1.29 is 9.53 Å². The quantitative estimate of drug-likeness (QED) is 0.808. The summed E-state index contributed by atoms with van der Waals surface area (Å²) in [5.74, 6) is 0.860. The third-order valence-electron chi connectivity index (χ3n) is 2.59. The minimum atomic E-state index is 0.0356. The van der Waals surface area contributed by atoms with Gasteiger partial charge in [-0.15, -0.1) is 0 Å². The highest BCUT2D eigenvalue weighted by atomic mass is 16.5. The number of para-hydroxylation sites is 1. The second kappa shape index (κ2) is 5.30. The molecule has 4 nitrogen and oxygen atoms in total. The normalized spacial score (nSPS) is 10.2. The molecule has 1 aromatic heterocycles. The van der Waals surface area contributed by atoms with Crippen LogP contribution in [0, 0.1) is 0 Å². The maximum atomic E-state index is 11.8. The summed E-state index contributed by atoms with van der Waals surface area (Å²) < 4.78 is 6.73. The van der Waals surface area contributed by atoms with Crippen molar-refractivity contribution in [2.75, 3.05) is 7.11 Å². The van der Waals surface area contributed by atoms with E-state index < -0.39 is 0 Å². The monoisotopic (exact) mass is 230 g/mol. The molecular formula is C13H14N2O2. The molecule has 2 aromatic rings. The van der Waals surface area contributed by atoms with E-state index in [0.717, 1.165) is 11.3 Å². The predicted molar refractivity (Wildman–Crippen MR) is 64.2 cm³/mol. The molecule has 0 aliphatic carbocycles. The Labute approximate surface area is 99.9 Å². The van der Waals surface area contributed by atoms with Gasteiger partial charge in [0.2, 0.25) is 5.91 Å². The van der Waals surface area contributed by atoms with Crippen LogP contribution in [-0.4, -0.2) is 22.6 Å². The maximum absolute atomic E-state index is 11.8. The van der Waals surface area contributed by atoms with E-state index in [9.17, 15) is 4.79 Å².